The van der Waals surface area contributed by atoms with E-state index in [-0.39, 0.29) is 0 Å². The molecule has 7 heteroatoms. The van der Waals surface area contributed by atoms with Gasteiger partial charge in [-0.2, -0.15) is 0 Å². The van der Waals surface area contributed by atoms with E-state index < -0.39 is 0 Å². The molecule has 98 valence electrons. The van der Waals surface area contributed by atoms with Crippen molar-refractivity contribution in [2.24, 2.45) is 5.84 Å². The van der Waals surface area contributed by atoms with E-state index in [0.29, 0.717) is 11.6 Å². The lowest BCUT2D eigenvalue weighted by atomic mass is 10.4. The summed E-state index contributed by atoms with van der Waals surface area (Å²) in [6, 6.07) is 3.91. The molecule has 0 saturated carbocycles. The van der Waals surface area contributed by atoms with E-state index in [4.69, 9.17) is 10.3 Å². The first-order chi connectivity index (χ1) is 9.28. The predicted octanol–water partition coefficient (Wildman–Crippen LogP) is 3.17. The molecule has 0 bridgehead atoms. The third-order valence-electron chi connectivity index (χ3n) is 2.68. The molecule has 0 spiro atoms. The van der Waals surface area contributed by atoms with Gasteiger partial charge in [0.25, 0.3) is 0 Å². The molecule has 0 atom stereocenters. The highest BCUT2D eigenvalue weighted by Gasteiger charge is 2.09. The van der Waals surface area contributed by atoms with Crippen molar-refractivity contribution in [2.45, 2.75) is 17.6 Å². The first-order valence-corrected chi connectivity index (χ1v) is 7.52. The third kappa shape index (κ3) is 2.44. The summed E-state index contributed by atoms with van der Waals surface area (Å²) in [6.07, 6.45) is 1.69. The van der Waals surface area contributed by atoms with Crippen LogP contribution in [0.5, 0.6) is 0 Å². The van der Waals surface area contributed by atoms with Crippen molar-refractivity contribution in [3.63, 3.8) is 0 Å². The van der Waals surface area contributed by atoms with Crippen LogP contribution in [0.1, 0.15) is 11.6 Å². The predicted molar refractivity (Wildman–Crippen MR) is 78.2 cm³/mol. The minimum atomic E-state index is 0.672. The Bertz CT molecular complexity index is 707. The number of hydrazine groups is 1. The van der Waals surface area contributed by atoms with Crippen molar-refractivity contribution in [2.75, 3.05) is 5.43 Å². The molecular weight excluding hydrogens is 280 g/mol. The lowest BCUT2D eigenvalue weighted by Gasteiger charge is -2.04. The molecule has 3 rings (SSSR count). The molecule has 3 N–H and O–H groups in total. The van der Waals surface area contributed by atoms with E-state index in [0.717, 1.165) is 26.7 Å². The molecule has 0 fully saturated rings. The van der Waals surface area contributed by atoms with Gasteiger partial charge in [0.2, 0.25) is 0 Å². The molecule has 0 radical (unpaired) electrons. The van der Waals surface area contributed by atoms with Crippen LogP contribution in [0.4, 0.5) is 5.82 Å². The SMILES string of the molecule is Cc1occc1SCc1nc(NN)c2ccsc2n1. The van der Waals surface area contributed by atoms with Gasteiger partial charge in [0.15, 0.2) is 5.82 Å². The van der Waals surface area contributed by atoms with Crippen LogP contribution in [-0.2, 0) is 5.75 Å². The number of nitrogen functional groups attached to an aromatic ring is 1. The fraction of sp³-hybridized carbons (Fsp3) is 0.167. The molecular formula is C12H12N4OS2. The van der Waals surface area contributed by atoms with Gasteiger partial charge in [0.05, 0.1) is 17.4 Å². The number of hydrogen-bond donors (Lipinski definition) is 2. The molecule has 3 heterocycles. The second-order valence-electron chi connectivity index (χ2n) is 3.90. The zero-order valence-electron chi connectivity index (χ0n) is 10.2. The minimum Gasteiger partial charge on any atom is -0.468 e. The molecule has 5 nitrogen and oxygen atoms in total. The molecule has 0 aliphatic rings. The first-order valence-electron chi connectivity index (χ1n) is 5.65. The topological polar surface area (TPSA) is 77.0 Å². The average molecular weight is 292 g/mol. The van der Waals surface area contributed by atoms with E-state index in [2.05, 4.69) is 15.4 Å². The number of nitrogens with zero attached hydrogens (tertiary/aromatic N) is 2. The summed E-state index contributed by atoms with van der Waals surface area (Å²) in [7, 11) is 0. The number of fused-ring (bicyclic) bond motifs is 1. The van der Waals surface area contributed by atoms with E-state index >= 15 is 0 Å². The molecule has 19 heavy (non-hydrogen) atoms. The second-order valence-corrected chi connectivity index (χ2v) is 5.81. The van der Waals surface area contributed by atoms with Gasteiger partial charge in [-0.05, 0) is 24.4 Å². The smallest absolute Gasteiger partial charge is 0.152 e. The Morgan fingerprint density at radius 2 is 2.32 bits per heavy atom. The average Bonchev–Trinajstić information content (AvgIpc) is 3.04. The minimum absolute atomic E-state index is 0.672. The van der Waals surface area contributed by atoms with Gasteiger partial charge in [-0.1, -0.05) is 0 Å². The van der Waals surface area contributed by atoms with Crippen molar-refractivity contribution >= 4 is 39.1 Å². The molecule has 3 aromatic rings. The number of anilines is 1. The van der Waals surface area contributed by atoms with Gasteiger partial charge in [-0.25, -0.2) is 15.8 Å². The van der Waals surface area contributed by atoms with Gasteiger partial charge in [0, 0.05) is 4.90 Å². The van der Waals surface area contributed by atoms with Crippen LogP contribution in [0.2, 0.25) is 0 Å². The number of hydrogen-bond acceptors (Lipinski definition) is 7. The molecule has 0 saturated heterocycles. The summed E-state index contributed by atoms with van der Waals surface area (Å²) < 4.78 is 5.26. The van der Waals surface area contributed by atoms with Crippen LogP contribution in [-0.4, -0.2) is 9.97 Å². The zero-order chi connectivity index (χ0) is 13.2. The number of aryl methyl sites for hydroxylation is 1. The Morgan fingerprint density at radius 1 is 1.42 bits per heavy atom. The summed E-state index contributed by atoms with van der Waals surface area (Å²) in [5, 5.41) is 2.94. The quantitative estimate of drug-likeness (QED) is 0.437. The zero-order valence-corrected chi connectivity index (χ0v) is 11.8. The number of thiophene rings is 1. The van der Waals surface area contributed by atoms with E-state index in [1.807, 2.05) is 24.4 Å². The van der Waals surface area contributed by atoms with E-state index in [1.54, 1.807) is 29.4 Å². The highest BCUT2D eigenvalue weighted by atomic mass is 32.2. The molecule has 0 aliphatic heterocycles. The van der Waals surface area contributed by atoms with Crippen LogP contribution in [0.3, 0.4) is 0 Å². The highest BCUT2D eigenvalue weighted by molar-refractivity contribution is 7.98. The van der Waals surface area contributed by atoms with Gasteiger partial charge >= 0.3 is 0 Å². The normalized spacial score (nSPS) is 11.1. The summed E-state index contributed by atoms with van der Waals surface area (Å²) in [5.41, 5.74) is 2.63. The van der Waals surface area contributed by atoms with Gasteiger partial charge in [-0.3, -0.25) is 0 Å². The number of thioether (sulfide) groups is 1. The lowest BCUT2D eigenvalue weighted by molar-refractivity contribution is 0.527. The van der Waals surface area contributed by atoms with Crippen molar-refractivity contribution in [3.05, 3.63) is 35.4 Å². The van der Waals surface area contributed by atoms with Crippen molar-refractivity contribution < 1.29 is 4.42 Å². The largest absolute Gasteiger partial charge is 0.468 e. The van der Waals surface area contributed by atoms with Gasteiger partial charge < -0.3 is 9.84 Å². The van der Waals surface area contributed by atoms with Crippen molar-refractivity contribution in [1.29, 1.82) is 0 Å². The van der Waals surface area contributed by atoms with Crippen LogP contribution in [0, 0.1) is 6.92 Å². The maximum Gasteiger partial charge on any atom is 0.152 e. The van der Waals surface area contributed by atoms with Crippen LogP contribution < -0.4 is 11.3 Å². The lowest BCUT2D eigenvalue weighted by Crippen LogP contribution is -2.10. The second kappa shape index (κ2) is 5.20. The van der Waals surface area contributed by atoms with Crippen LogP contribution in [0.25, 0.3) is 10.2 Å². The Morgan fingerprint density at radius 3 is 3.05 bits per heavy atom. The number of rotatable bonds is 4. The van der Waals surface area contributed by atoms with Gasteiger partial charge in [0.1, 0.15) is 16.4 Å². The number of nitrogens with one attached hydrogen (secondary N) is 1. The Labute approximate surface area is 118 Å². The standard InChI is InChI=1S/C12H12N4OS2/c1-7-9(2-4-17-7)19-6-10-14-11(16-13)8-3-5-18-12(8)15-10/h2-5H,6,13H2,1H3,(H,14,15,16). The number of furan rings is 1. The number of nitrogens with two attached hydrogens (primary N) is 1. The molecule has 3 aromatic heterocycles. The maximum atomic E-state index is 5.50. The summed E-state index contributed by atoms with van der Waals surface area (Å²) >= 11 is 3.24. The Balaban J connectivity index is 1.86. The van der Waals surface area contributed by atoms with Crippen molar-refractivity contribution in [1.82, 2.24) is 9.97 Å². The van der Waals surface area contributed by atoms with Crippen LogP contribution >= 0.6 is 23.1 Å². The maximum absolute atomic E-state index is 5.50. The van der Waals surface area contributed by atoms with E-state index in [9.17, 15) is 0 Å². The molecule has 0 aliphatic carbocycles. The first kappa shape index (κ1) is 12.5. The fourth-order valence-corrected chi connectivity index (χ4v) is 3.34. The summed E-state index contributed by atoms with van der Waals surface area (Å²) in [5.74, 6) is 8.53. The van der Waals surface area contributed by atoms with Crippen LogP contribution in [0.15, 0.2) is 33.1 Å². The fourth-order valence-electron chi connectivity index (χ4n) is 1.74. The molecule has 0 amide bonds. The molecule has 0 aromatic carbocycles. The van der Waals surface area contributed by atoms with Crippen molar-refractivity contribution in [3.8, 4) is 0 Å². The molecule has 0 unspecified atom stereocenters. The van der Waals surface area contributed by atoms with Gasteiger partial charge in [-0.15, -0.1) is 23.1 Å². The Kier molecular flexibility index (Phi) is 3.41. The summed E-state index contributed by atoms with van der Waals surface area (Å²) in [6.45, 7) is 1.94. The summed E-state index contributed by atoms with van der Waals surface area (Å²) in [4.78, 5) is 11.0. The third-order valence-corrected chi connectivity index (χ3v) is 4.62. The van der Waals surface area contributed by atoms with E-state index in [1.165, 1.54) is 0 Å². The monoisotopic (exact) mass is 292 g/mol. The number of aromatic nitrogens is 2. The highest BCUT2D eigenvalue weighted by Crippen LogP contribution is 2.29. The Hall–Kier alpha value is -1.57.